The van der Waals surface area contributed by atoms with Crippen LogP contribution in [0.15, 0.2) is 22.7 Å². The summed E-state index contributed by atoms with van der Waals surface area (Å²) in [5.41, 5.74) is 1.78. The number of benzene rings is 1. The van der Waals surface area contributed by atoms with E-state index in [1.54, 1.807) is 6.92 Å². The highest BCUT2D eigenvalue weighted by Gasteiger charge is 2.24. The van der Waals surface area contributed by atoms with Crippen molar-refractivity contribution < 1.29 is 9.90 Å². The van der Waals surface area contributed by atoms with E-state index in [2.05, 4.69) is 20.8 Å². The Labute approximate surface area is 122 Å². The van der Waals surface area contributed by atoms with Crippen LogP contribution in [0.3, 0.4) is 0 Å². The predicted molar refractivity (Wildman–Crippen MR) is 80.8 cm³/mol. The van der Waals surface area contributed by atoms with Crippen LogP contribution in [-0.4, -0.2) is 30.1 Å². The summed E-state index contributed by atoms with van der Waals surface area (Å²) < 4.78 is 0.991. The zero-order valence-electron chi connectivity index (χ0n) is 11.4. The van der Waals surface area contributed by atoms with Gasteiger partial charge in [-0.15, -0.1) is 0 Å². The molecule has 1 aromatic carbocycles. The molecule has 1 heterocycles. The minimum atomic E-state index is -0.239. The summed E-state index contributed by atoms with van der Waals surface area (Å²) in [5.74, 6) is 0.476. The van der Waals surface area contributed by atoms with Gasteiger partial charge in [0, 0.05) is 28.8 Å². The van der Waals surface area contributed by atoms with Crippen LogP contribution < -0.4 is 4.90 Å². The quantitative estimate of drug-likeness (QED) is 0.867. The van der Waals surface area contributed by atoms with Gasteiger partial charge in [0.25, 0.3) is 0 Å². The molecule has 0 bridgehead atoms. The Morgan fingerprint density at radius 2 is 2.05 bits per heavy atom. The highest BCUT2D eigenvalue weighted by Crippen LogP contribution is 2.30. The normalized spacial score (nSPS) is 18.4. The monoisotopic (exact) mass is 325 g/mol. The second-order valence-corrected chi connectivity index (χ2v) is 6.20. The molecule has 0 amide bonds. The van der Waals surface area contributed by atoms with Crippen molar-refractivity contribution in [1.82, 2.24) is 0 Å². The molecule has 4 heteroatoms. The number of anilines is 1. The van der Waals surface area contributed by atoms with E-state index in [-0.39, 0.29) is 11.9 Å². The Kier molecular flexibility index (Phi) is 4.63. The summed E-state index contributed by atoms with van der Waals surface area (Å²) in [6.45, 7) is 5.26. The molecule has 0 radical (unpaired) electrons. The number of hydrogen-bond donors (Lipinski definition) is 1. The Morgan fingerprint density at radius 3 is 2.58 bits per heavy atom. The summed E-state index contributed by atoms with van der Waals surface area (Å²) in [6, 6.07) is 5.80. The van der Waals surface area contributed by atoms with Gasteiger partial charge in [0.1, 0.15) is 0 Å². The van der Waals surface area contributed by atoms with Crippen LogP contribution in [0.2, 0.25) is 0 Å². The molecule has 19 heavy (non-hydrogen) atoms. The average molecular weight is 326 g/mol. The first-order chi connectivity index (χ1) is 8.99. The number of aliphatic hydroxyl groups is 1. The first-order valence-electron chi connectivity index (χ1n) is 6.72. The van der Waals surface area contributed by atoms with Gasteiger partial charge in [0.2, 0.25) is 0 Å². The molecule has 1 unspecified atom stereocenters. The highest BCUT2D eigenvalue weighted by atomic mass is 79.9. The van der Waals surface area contributed by atoms with E-state index in [4.69, 9.17) is 0 Å². The average Bonchev–Trinajstić information content (AvgIpc) is 2.38. The number of piperidine rings is 1. The maximum Gasteiger partial charge on any atom is 0.161 e. The topological polar surface area (TPSA) is 40.5 Å². The third kappa shape index (κ3) is 3.37. The Balaban J connectivity index is 2.19. The van der Waals surface area contributed by atoms with Crippen molar-refractivity contribution in [2.45, 2.75) is 32.8 Å². The number of Topliss-reactive ketones (excluding diaryl/α,β-unsaturated/α-hetero) is 1. The van der Waals surface area contributed by atoms with E-state index >= 15 is 0 Å². The standard InChI is InChI=1S/C15H20BrNO2/c1-10(18)12-5-7-17(8-6-12)15-9-13(16)3-4-14(15)11(2)19/h3-4,9-10,12,18H,5-8H2,1-2H3. The second-order valence-electron chi connectivity index (χ2n) is 5.28. The Hall–Kier alpha value is -0.870. The van der Waals surface area contributed by atoms with Crippen molar-refractivity contribution >= 4 is 27.4 Å². The molecule has 1 aliphatic heterocycles. The zero-order valence-corrected chi connectivity index (χ0v) is 13.0. The Morgan fingerprint density at radius 1 is 1.42 bits per heavy atom. The van der Waals surface area contributed by atoms with Crippen LogP contribution in [0.1, 0.15) is 37.0 Å². The molecule has 1 saturated heterocycles. The van der Waals surface area contributed by atoms with Gasteiger partial charge in [-0.05, 0) is 50.8 Å². The SMILES string of the molecule is CC(=O)c1ccc(Br)cc1N1CCC(C(C)O)CC1. The van der Waals surface area contributed by atoms with Gasteiger partial charge in [-0.3, -0.25) is 4.79 Å². The highest BCUT2D eigenvalue weighted by molar-refractivity contribution is 9.10. The fourth-order valence-corrected chi connectivity index (χ4v) is 3.04. The number of hydrogen-bond acceptors (Lipinski definition) is 3. The lowest BCUT2D eigenvalue weighted by Gasteiger charge is -2.35. The Bertz CT molecular complexity index is 465. The minimum absolute atomic E-state index is 0.0974. The fraction of sp³-hybridized carbons (Fsp3) is 0.533. The van der Waals surface area contributed by atoms with E-state index in [0.29, 0.717) is 5.92 Å². The number of aliphatic hydroxyl groups excluding tert-OH is 1. The van der Waals surface area contributed by atoms with Gasteiger partial charge in [0.15, 0.2) is 5.78 Å². The van der Waals surface area contributed by atoms with Crippen molar-refractivity contribution in [2.24, 2.45) is 5.92 Å². The van der Waals surface area contributed by atoms with Crippen LogP contribution >= 0.6 is 15.9 Å². The third-order valence-corrected chi connectivity index (χ3v) is 4.39. The van der Waals surface area contributed by atoms with Crippen molar-refractivity contribution in [1.29, 1.82) is 0 Å². The maximum atomic E-state index is 11.7. The molecule has 1 aromatic rings. The fourth-order valence-electron chi connectivity index (χ4n) is 2.69. The first kappa shape index (κ1) is 14.5. The summed E-state index contributed by atoms with van der Waals surface area (Å²) in [6.07, 6.45) is 1.71. The number of halogens is 1. The molecule has 0 spiro atoms. The van der Waals surface area contributed by atoms with Crippen LogP contribution in [-0.2, 0) is 0 Å². The molecule has 0 aliphatic carbocycles. The number of ketones is 1. The van der Waals surface area contributed by atoms with Crippen LogP contribution in [0.4, 0.5) is 5.69 Å². The smallest absolute Gasteiger partial charge is 0.161 e. The molecule has 3 nitrogen and oxygen atoms in total. The number of carbonyl (C=O) groups excluding carboxylic acids is 1. The molecule has 1 atom stereocenters. The molecule has 0 saturated carbocycles. The lowest BCUT2D eigenvalue weighted by atomic mass is 9.91. The summed E-state index contributed by atoms with van der Waals surface area (Å²) in [5, 5.41) is 9.64. The molecule has 2 rings (SSSR count). The number of nitrogens with zero attached hydrogens (tertiary/aromatic N) is 1. The van der Waals surface area contributed by atoms with Crippen LogP contribution in [0.5, 0.6) is 0 Å². The number of carbonyl (C=O) groups is 1. The van der Waals surface area contributed by atoms with Gasteiger partial charge < -0.3 is 10.0 Å². The lowest BCUT2D eigenvalue weighted by molar-refractivity contribution is 0.101. The van der Waals surface area contributed by atoms with Crippen molar-refractivity contribution in [3.8, 4) is 0 Å². The van der Waals surface area contributed by atoms with E-state index in [1.807, 2.05) is 25.1 Å². The van der Waals surface area contributed by atoms with Gasteiger partial charge in [-0.1, -0.05) is 15.9 Å². The zero-order chi connectivity index (χ0) is 14.0. The van der Waals surface area contributed by atoms with Crippen molar-refractivity contribution in [2.75, 3.05) is 18.0 Å². The van der Waals surface area contributed by atoms with Gasteiger partial charge in [0.05, 0.1) is 6.10 Å². The summed E-state index contributed by atoms with van der Waals surface area (Å²) >= 11 is 3.47. The van der Waals surface area contributed by atoms with E-state index in [9.17, 15) is 9.90 Å². The number of rotatable bonds is 3. The molecular formula is C15H20BrNO2. The molecule has 0 aromatic heterocycles. The van der Waals surface area contributed by atoms with Crippen molar-refractivity contribution in [3.63, 3.8) is 0 Å². The summed E-state index contributed by atoms with van der Waals surface area (Å²) in [7, 11) is 0. The maximum absolute atomic E-state index is 11.7. The van der Waals surface area contributed by atoms with Crippen LogP contribution in [0.25, 0.3) is 0 Å². The van der Waals surface area contributed by atoms with Crippen LogP contribution in [0, 0.1) is 5.92 Å². The van der Waals surface area contributed by atoms with E-state index in [0.717, 1.165) is 41.7 Å². The first-order valence-corrected chi connectivity index (χ1v) is 7.52. The molecule has 1 fully saturated rings. The van der Waals surface area contributed by atoms with Gasteiger partial charge >= 0.3 is 0 Å². The third-order valence-electron chi connectivity index (χ3n) is 3.90. The second kappa shape index (κ2) is 6.06. The van der Waals surface area contributed by atoms with Gasteiger partial charge in [-0.2, -0.15) is 0 Å². The van der Waals surface area contributed by atoms with E-state index < -0.39 is 0 Å². The van der Waals surface area contributed by atoms with E-state index in [1.165, 1.54) is 0 Å². The molecule has 1 N–H and O–H groups in total. The molecule has 1 aliphatic rings. The lowest BCUT2D eigenvalue weighted by Crippen LogP contribution is -2.37. The summed E-state index contributed by atoms with van der Waals surface area (Å²) in [4.78, 5) is 14.0. The molecular weight excluding hydrogens is 306 g/mol. The molecule has 104 valence electrons. The van der Waals surface area contributed by atoms with Gasteiger partial charge in [-0.25, -0.2) is 0 Å². The van der Waals surface area contributed by atoms with Crippen molar-refractivity contribution in [3.05, 3.63) is 28.2 Å². The largest absolute Gasteiger partial charge is 0.393 e. The predicted octanol–water partition coefficient (Wildman–Crippen LogP) is 3.25. The minimum Gasteiger partial charge on any atom is -0.393 e.